The first kappa shape index (κ1) is 26.7. The number of anilines is 2. The number of hydrogen-bond acceptors (Lipinski definition) is 7. The van der Waals surface area contributed by atoms with E-state index in [4.69, 9.17) is 5.41 Å². The van der Waals surface area contributed by atoms with Crippen LogP contribution in [0.2, 0.25) is 0 Å². The van der Waals surface area contributed by atoms with E-state index in [1.807, 2.05) is 0 Å². The van der Waals surface area contributed by atoms with Gasteiger partial charge in [0.1, 0.15) is 6.04 Å². The standard InChI is InChI=1S/C20H17F8N7O/c21-18(22)3-6-35(15(18)10-32-17-30-8-12(9-31-17)20(26,27)28)16(36)13-7-11(19(23,24)25)1-2-14(13)34-33-5-4-29/h1-2,4-5,7-9,15,29,34H,3,6,10H2,(H,30,31,32)/b29-4?,33-5-. The van der Waals surface area contributed by atoms with E-state index in [2.05, 4.69) is 25.8 Å². The SMILES string of the molecule is N=C/C=N\Nc1ccc(C(F)(F)F)cc1C(=O)N1CCC(F)(F)C1CNc1ncc(C(F)(F)F)cn1. The van der Waals surface area contributed by atoms with Gasteiger partial charge < -0.3 is 15.6 Å². The Morgan fingerprint density at radius 3 is 2.36 bits per heavy atom. The zero-order valence-electron chi connectivity index (χ0n) is 18.0. The minimum Gasteiger partial charge on any atom is -0.352 e. The van der Waals surface area contributed by atoms with Gasteiger partial charge >= 0.3 is 12.4 Å². The van der Waals surface area contributed by atoms with Crippen LogP contribution in [0.25, 0.3) is 0 Å². The largest absolute Gasteiger partial charge is 0.419 e. The van der Waals surface area contributed by atoms with Crippen LogP contribution >= 0.6 is 0 Å². The normalized spacial score (nSPS) is 17.9. The molecular formula is C20H17F8N7O. The number of amides is 1. The molecule has 3 N–H and O–H groups in total. The summed E-state index contributed by atoms with van der Waals surface area (Å²) in [5, 5.41) is 12.8. The van der Waals surface area contributed by atoms with Crippen LogP contribution in [-0.4, -0.2) is 58.3 Å². The van der Waals surface area contributed by atoms with Gasteiger partial charge in [-0.3, -0.25) is 10.2 Å². The van der Waals surface area contributed by atoms with Gasteiger partial charge in [-0.15, -0.1) is 0 Å². The topological polar surface area (TPSA) is 106 Å². The molecule has 0 radical (unpaired) electrons. The minimum atomic E-state index is -4.83. The van der Waals surface area contributed by atoms with Crippen LogP contribution < -0.4 is 10.7 Å². The van der Waals surface area contributed by atoms with Gasteiger partial charge in [-0.25, -0.2) is 18.7 Å². The van der Waals surface area contributed by atoms with E-state index < -0.39 is 72.4 Å². The lowest BCUT2D eigenvalue weighted by molar-refractivity contribution is -0.138. The van der Waals surface area contributed by atoms with Crippen LogP contribution in [0.4, 0.5) is 46.8 Å². The molecule has 36 heavy (non-hydrogen) atoms. The molecule has 0 saturated carbocycles. The van der Waals surface area contributed by atoms with Gasteiger partial charge in [0, 0.05) is 38.1 Å². The van der Waals surface area contributed by atoms with E-state index in [0.29, 0.717) is 29.4 Å². The minimum absolute atomic E-state index is 0.223. The highest BCUT2D eigenvalue weighted by Gasteiger charge is 2.51. The first-order chi connectivity index (χ1) is 16.7. The smallest absolute Gasteiger partial charge is 0.352 e. The highest BCUT2D eigenvalue weighted by molar-refractivity contribution is 6.14. The van der Waals surface area contributed by atoms with Crippen molar-refractivity contribution >= 4 is 30.0 Å². The van der Waals surface area contributed by atoms with E-state index in [-0.39, 0.29) is 5.69 Å². The van der Waals surface area contributed by atoms with Gasteiger partial charge in [0.05, 0.1) is 28.6 Å². The molecule has 1 aliphatic heterocycles. The van der Waals surface area contributed by atoms with Crippen molar-refractivity contribution in [2.75, 3.05) is 23.8 Å². The van der Waals surface area contributed by atoms with Crippen molar-refractivity contribution in [2.24, 2.45) is 5.10 Å². The summed E-state index contributed by atoms with van der Waals surface area (Å²) < 4.78 is 107. The first-order valence-corrected chi connectivity index (χ1v) is 10.1. The van der Waals surface area contributed by atoms with Crippen LogP contribution in [0.5, 0.6) is 0 Å². The second-order valence-electron chi connectivity index (χ2n) is 7.51. The monoisotopic (exact) mass is 523 g/mol. The molecule has 16 heteroatoms. The summed E-state index contributed by atoms with van der Waals surface area (Å²) in [7, 11) is 0. The maximum Gasteiger partial charge on any atom is 0.419 e. The van der Waals surface area contributed by atoms with Crippen LogP contribution in [-0.2, 0) is 12.4 Å². The number of nitrogens with one attached hydrogen (secondary N) is 3. The van der Waals surface area contributed by atoms with E-state index in [1.165, 1.54) is 0 Å². The molecule has 1 fully saturated rings. The Kier molecular flexibility index (Phi) is 7.45. The van der Waals surface area contributed by atoms with Crippen molar-refractivity contribution < 1.29 is 39.9 Å². The number of benzene rings is 1. The van der Waals surface area contributed by atoms with Gasteiger partial charge in [0.25, 0.3) is 11.8 Å². The predicted molar refractivity (Wildman–Crippen MR) is 112 cm³/mol. The summed E-state index contributed by atoms with van der Waals surface area (Å²) in [5.41, 5.74) is -0.887. The average Bonchev–Trinajstić information content (AvgIpc) is 3.10. The Labute approximate surface area is 197 Å². The maximum atomic E-state index is 14.6. The molecule has 8 nitrogen and oxygen atoms in total. The Hall–Kier alpha value is -3.85. The van der Waals surface area contributed by atoms with Crippen molar-refractivity contribution in [1.82, 2.24) is 14.9 Å². The second kappa shape index (κ2) is 10.0. The summed E-state index contributed by atoms with van der Waals surface area (Å²) in [6, 6.07) is 0.182. The summed E-state index contributed by atoms with van der Waals surface area (Å²) in [6.07, 6.45) is -7.76. The molecule has 194 valence electrons. The van der Waals surface area contributed by atoms with Gasteiger partial charge in [-0.2, -0.15) is 31.4 Å². The molecule has 1 saturated heterocycles. The number of carbonyl (C=O) groups excluding carboxylic acids is 1. The first-order valence-electron chi connectivity index (χ1n) is 10.1. The van der Waals surface area contributed by atoms with Crippen LogP contribution in [0.1, 0.15) is 27.9 Å². The summed E-state index contributed by atoms with van der Waals surface area (Å²) >= 11 is 0. The quantitative estimate of drug-likeness (QED) is 0.281. The fraction of sp³-hybridized carbons (Fsp3) is 0.350. The fourth-order valence-electron chi connectivity index (χ4n) is 3.37. The maximum absolute atomic E-state index is 14.6. The molecule has 2 aromatic rings. The zero-order chi connectivity index (χ0) is 26.7. The average molecular weight is 523 g/mol. The van der Waals surface area contributed by atoms with E-state index >= 15 is 0 Å². The molecule has 1 aromatic carbocycles. The molecule has 0 bridgehead atoms. The third-order valence-electron chi connectivity index (χ3n) is 5.15. The highest BCUT2D eigenvalue weighted by atomic mass is 19.4. The number of rotatable bonds is 7. The van der Waals surface area contributed by atoms with Crippen molar-refractivity contribution in [3.8, 4) is 0 Å². The molecule has 1 unspecified atom stereocenters. The Morgan fingerprint density at radius 1 is 1.14 bits per heavy atom. The predicted octanol–water partition coefficient (Wildman–Crippen LogP) is 4.52. The van der Waals surface area contributed by atoms with Gasteiger partial charge in [-0.1, -0.05) is 0 Å². The molecule has 1 aliphatic rings. The highest BCUT2D eigenvalue weighted by Crippen LogP contribution is 2.37. The molecule has 1 atom stereocenters. The Morgan fingerprint density at radius 2 is 1.78 bits per heavy atom. The van der Waals surface area contributed by atoms with Crippen molar-refractivity contribution in [3.05, 3.63) is 47.3 Å². The number of nitrogens with zero attached hydrogens (tertiary/aromatic N) is 4. The Balaban J connectivity index is 1.87. The lowest BCUT2D eigenvalue weighted by Gasteiger charge is -2.28. The second-order valence-corrected chi connectivity index (χ2v) is 7.51. The third kappa shape index (κ3) is 6.04. The summed E-state index contributed by atoms with van der Waals surface area (Å²) in [5.74, 6) is -5.05. The van der Waals surface area contributed by atoms with E-state index in [0.717, 1.165) is 18.5 Å². The third-order valence-corrected chi connectivity index (χ3v) is 5.15. The fourth-order valence-corrected chi connectivity index (χ4v) is 3.37. The summed E-state index contributed by atoms with van der Waals surface area (Å²) in [4.78, 5) is 20.6. The molecule has 1 amide bonds. The van der Waals surface area contributed by atoms with Crippen LogP contribution in [0.15, 0.2) is 35.7 Å². The van der Waals surface area contributed by atoms with Gasteiger partial charge in [0.15, 0.2) is 0 Å². The molecule has 1 aromatic heterocycles. The van der Waals surface area contributed by atoms with Gasteiger partial charge in [-0.05, 0) is 18.2 Å². The van der Waals surface area contributed by atoms with Crippen molar-refractivity contribution in [3.63, 3.8) is 0 Å². The number of hydrazone groups is 1. The van der Waals surface area contributed by atoms with Crippen LogP contribution in [0.3, 0.4) is 0 Å². The number of alkyl halides is 8. The Bertz CT molecular complexity index is 1130. The van der Waals surface area contributed by atoms with Crippen LogP contribution in [0, 0.1) is 5.41 Å². The zero-order valence-corrected chi connectivity index (χ0v) is 18.0. The van der Waals surface area contributed by atoms with E-state index in [1.54, 1.807) is 0 Å². The lowest BCUT2D eigenvalue weighted by Crippen LogP contribution is -2.47. The summed E-state index contributed by atoms with van der Waals surface area (Å²) in [6.45, 7) is -1.21. The molecule has 2 heterocycles. The van der Waals surface area contributed by atoms with E-state index in [9.17, 15) is 39.9 Å². The van der Waals surface area contributed by atoms with Gasteiger partial charge in [0.2, 0.25) is 5.95 Å². The molecule has 0 spiro atoms. The number of carbonyl (C=O) groups is 1. The van der Waals surface area contributed by atoms with Crippen molar-refractivity contribution in [2.45, 2.75) is 30.7 Å². The number of hydrogen-bond donors (Lipinski definition) is 3. The molecule has 3 rings (SSSR count). The number of halogens is 8. The molecule has 0 aliphatic carbocycles. The molecular weight excluding hydrogens is 506 g/mol. The lowest BCUT2D eigenvalue weighted by atomic mass is 10.1. The van der Waals surface area contributed by atoms with Crippen molar-refractivity contribution in [1.29, 1.82) is 5.41 Å². The number of likely N-dealkylation sites (tertiary alicyclic amines) is 1. The number of aromatic nitrogens is 2.